The van der Waals surface area contributed by atoms with Gasteiger partial charge in [-0.2, -0.15) is 0 Å². The standard InChI is InChI=1S/C64H78O30S/c1-32(66)76-29-46-50(81-35(4)69)54(84-38(7)72)57(87-41(10)75)61(88-46)93-59-56(86-40(9)74)52(83-37(6)71)48(31-78-34(3)68)90-63(59)94-58-55(85-39(8)73)51(82-36(5)70)47(30-77-33(2)67)89-62(58)92-53-49(79-27-42-20-14-11-15-21-42)45(26-65)91-64(95-44-24-18-13-19-25-44)60(53)80-28-43-22-16-12-17-23-43/h11-25,45-65H,26-31H2,1-10H3/t45-,46-,47-,48-,49-,50-,51-,52-,53+,54+,55+,56+,57+,58+,59+,60+,61-,62-,63-,64-/m1/s1. The molecule has 4 fully saturated rings. The van der Waals surface area contributed by atoms with Gasteiger partial charge in [-0.05, 0) is 23.3 Å². The minimum absolute atomic E-state index is 0.0974. The average molecular weight is 1360 g/mol. The van der Waals surface area contributed by atoms with Crippen molar-refractivity contribution in [3.63, 3.8) is 0 Å². The monoisotopic (exact) mass is 1360 g/mol. The molecule has 0 unspecified atom stereocenters. The van der Waals surface area contributed by atoms with E-state index in [1.54, 1.807) is 78.9 Å². The second-order valence-corrected chi connectivity index (χ2v) is 23.2. The Balaban J connectivity index is 1.48. The van der Waals surface area contributed by atoms with Crippen LogP contribution in [0.15, 0.2) is 95.9 Å². The lowest BCUT2D eigenvalue weighted by Crippen LogP contribution is -2.70. The van der Waals surface area contributed by atoms with Crippen LogP contribution >= 0.6 is 11.8 Å². The SMILES string of the molecule is CC(=O)OC[C@H]1O[C@H](O[C@@H]2[C@@H](O[C@@H]3[C@@H](O[C@@H]4[C@H](OCc5ccccc5)[C@@H](Sc5ccccc5)O[C@H](CO)[C@H]4OCc4ccccc4)O[C@H](COC(C)=O)[C@@H](OC(C)=O)[C@@H]3OC(C)=O)O[C@H](COC(C)=O)[C@@H](OC(C)=O)[C@@H]2OC(C)=O)[C@@H](OC(C)=O)[C@@H](OC(C)=O)[C@@H]1OC(C)=O. The topological polar surface area (TPSA) is 366 Å². The first-order valence-corrected chi connectivity index (χ1v) is 31.0. The highest BCUT2D eigenvalue weighted by atomic mass is 32.2. The Bertz CT molecular complexity index is 3070. The van der Waals surface area contributed by atoms with E-state index in [4.69, 9.17) is 90.0 Å². The molecule has 520 valence electrons. The third kappa shape index (κ3) is 21.9. The molecule has 0 bridgehead atoms. The van der Waals surface area contributed by atoms with E-state index < -0.39 is 208 Å². The number of rotatable bonds is 28. The molecule has 1 N–H and O–H groups in total. The molecule has 4 saturated heterocycles. The molecular weight excluding hydrogens is 1280 g/mol. The molecule has 0 aliphatic carbocycles. The molecule has 0 spiro atoms. The van der Waals surface area contributed by atoms with Crippen molar-refractivity contribution >= 4 is 71.5 Å². The van der Waals surface area contributed by atoms with Gasteiger partial charge in [0.05, 0.1) is 19.8 Å². The number of ether oxygens (including phenoxy) is 19. The Morgan fingerprint density at radius 3 is 0.989 bits per heavy atom. The predicted octanol–water partition coefficient (Wildman–Crippen LogP) is 3.21. The van der Waals surface area contributed by atoms with Crippen LogP contribution < -0.4 is 0 Å². The van der Waals surface area contributed by atoms with Gasteiger partial charge in [0, 0.05) is 74.1 Å². The van der Waals surface area contributed by atoms with Crippen molar-refractivity contribution in [2.45, 2.75) is 209 Å². The molecule has 0 aromatic heterocycles. The zero-order valence-corrected chi connectivity index (χ0v) is 54.5. The van der Waals surface area contributed by atoms with Crippen LogP contribution in [0.4, 0.5) is 0 Å². The van der Waals surface area contributed by atoms with Crippen molar-refractivity contribution in [3.8, 4) is 0 Å². The minimum Gasteiger partial charge on any atom is -0.463 e. The maximum absolute atomic E-state index is 13.8. The second-order valence-electron chi connectivity index (χ2n) is 22.0. The van der Waals surface area contributed by atoms with Crippen LogP contribution in [0.3, 0.4) is 0 Å². The van der Waals surface area contributed by atoms with Gasteiger partial charge in [-0.25, -0.2) is 0 Å². The van der Waals surface area contributed by atoms with Crippen molar-refractivity contribution in [2.75, 3.05) is 26.4 Å². The van der Waals surface area contributed by atoms with Crippen molar-refractivity contribution in [1.82, 2.24) is 0 Å². The number of aliphatic hydroxyl groups is 1. The Morgan fingerprint density at radius 2 is 0.642 bits per heavy atom. The van der Waals surface area contributed by atoms with Crippen LogP contribution in [0.5, 0.6) is 0 Å². The Labute approximate surface area is 550 Å². The predicted molar refractivity (Wildman–Crippen MR) is 317 cm³/mol. The van der Waals surface area contributed by atoms with E-state index in [1.165, 1.54) is 11.8 Å². The van der Waals surface area contributed by atoms with Crippen molar-refractivity contribution in [3.05, 3.63) is 102 Å². The Hall–Kier alpha value is -7.69. The number of carbonyl (C=O) groups excluding carboxylic acids is 10. The van der Waals surface area contributed by atoms with Crippen LogP contribution in [0, 0.1) is 0 Å². The number of hydrogen-bond acceptors (Lipinski definition) is 31. The summed E-state index contributed by atoms with van der Waals surface area (Å²) in [4.78, 5) is 131. The van der Waals surface area contributed by atoms with Crippen molar-refractivity contribution < 1.29 is 143 Å². The second kappa shape index (κ2) is 35.9. The summed E-state index contributed by atoms with van der Waals surface area (Å²) in [7, 11) is 0. The van der Waals surface area contributed by atoms with Crippen LogP contribution in [0.25, 0.3) is 0 Å². The average Bonchev–Trinajstić information content (AvgIpc) is 0.763. The Kier molecular flexibility index (Phi) is 28.2. The number of esters is 10. The van der Waals surface area contributed by atoms with Gasteiger partial charge in [0.15, 0.2) is 73.8 Å². The van der Waals surface area contributed by atoms with Gasteiger partial charge in [-0.15, -0.1) is 0 Å². The van der Waals surface area contributed by atoms with Crippen molar-refractivity contribution in [1.29, 1.82) is 0 Å². The van der Waals surface area contributed by atoms with Crippen LogP contribution in [0.1, 0.15) is 80.4 Å². The summed E-state index contributed by atoms with van der Waals surface area (Å²) in [5.74, 6) is -9.88. The number of thioether (sulfide) groups is 1. The first-order chi connectivity index (χ1) is 45.3. The molecule has 95 heavy (non-hydrogen) atoms. The van der Waals surface area contributed by atoms with E-state index in [-0.39, 0.29) is 13.2 Å². The van der Waals surface area contributed by atoms with E-state index >= 15 is 0 Å². The van der Waals surface area contributed by atoms with Gasteiger partial charge in [-0.3, -0.25) is 47.9 Å². The normalized spacial score (nSPS) is 30.4. The lowest BCUT2D eigenvalue weighted by atomic mass is 9.95. The van der Waals surface area contributed by atoms with Gasteiger partial charge in [0.2, 0.25) is 0 Å². The van der Waals surface area contributed by atoms with Gasteiger partial charge >= 0.3 is 59.7 Å². The molecular formula is C64H78O30S. The van der Waals surface area contributed by atoms with E-state index in [0.717, 1.165) is 69.2 Å². The third-order valence-electron chi connectivity index (χ3n) is 14.5. The molecule has 0 radical (unpaired) electrons. The van der Waals surface area contributed by atoms with Gasteiger partial charge in [-0.1, -0.05) is 90.6 Å². The molecule has 4 aliphatic heterocycles. The third-order valence-corrected chi connectivity index (χ3v) is 15.6. The summed E-state index contributed by atoms with van der Waals surface area (Å²) in [6.07, 6.45) is -34.5. The maximum atomic E-state index is 13.8. The molecule has 3 aromatic carbocycles. The van der Waals surface area contributed by atoms with Gasteiger partial charge < -0.3 is 95.1 Å². The molecule has 20 atom stereocenters. The summed E-state index contributed by atoms with van der Waals surface area (Å²) >= 11 is 1.19. The molecule has 4 heterocycles. The van der Waals surface area contributed by atoms with Crippen LogP contribution in [0.2, 0.25) is 0 Å². The minimum atomic E-state index is -2.27. The summed E-state index contributed by atoms with van der Waals surface area (Å²) in [6.45, 7) is 6.80. The summed E-state index contributed by atoms with van der Waals surface area (Å²) in [6, 6.07) is 26.9. The van der Waals surface area contributed by atoms with Gasteiger partial charge in [0.1, 0.15) is 68.0 Å². The molecule has 4 aliphatic rings. The maximum Gasteiger partial charge on any atom is 0.303 e. The first kappa shape index (κ1) is 74.7. The molecule has 0 saturated carbocycles. The fraction of sp³-hybridized carbons (Fsp3) is 0.562. The fourth-order valence-corrected chi connectivity index (χ4v) is 12.0. The quantitative estimate of drug-likeness (QED) is 0.0805. The molecule has 31 heteroatoms. The first-order valence-electron chi connectivity index (χ1n) is 30.1. The highest BCUT2D eigenvalue weighted by Gasteiger charge is 2.62. The van der Waals surface area contributed by atoms with E-state index in [2.05, 4.69) is 0 Å². The van der Waals surface area contributed by atoms with Gasteiger partial charge in [0.25, 0.3) is 0 Å². The summed E-state index contributed by atoms with van der Waals surface area (Å²) in [5, 5.41) is 11.4. The summed E-state index contributed by atoms with van der Waals surface area (Å²) in [5.41, 5.74) is 0.269. The number of hydrogen-bond donors (Lipinski definition) is 1. The molecule has 0 amide bonds. The van der Waals surface area contributed by atoms with Crippen LogP contribution in [-0.4, -0.2) is 213 Å². The zero-order chi connectivity index (χ0) is 69.0. The van der Waals surface area contributed by atoms with E-state index in [1.807, 2.05) is 12.1 Å². The lowest BCUT2D eigenvalue weighted by molar-refractivity contribution is -0.401. The molecule has 30 nitrogen and oxygen atoms in total. The highest BCUT2D eigenvalue weighted by Crippen LogP contribution is 2.43. The van der Waals surface area contributed by atoms with E-state index in [0.29, 0.717) is 16.0 Å². The fourth-order valence-electron chi connectivity index (χ4n) is 10.8. The number of carbonyl (C=O) groups is 10. The molecule has 7 rings (SSSR count). The largest absolute Gasteiger partial charge is 0.463 e. The Morgan fingerprint density at radius 1 is 0.337 bits per heavy atom. The van der Waals surface area contributed by atoms with Crippen LogP contribution in [-0.2, 0) is 151 Å². The summed E-state index contributed by atoms with van der Waals surface area (Å²) < 4.78 is 118. The lowest BCUT2D eigenvalue weighted by Gasteiger charge is -2.52. The molecule has 3 aromatic rings. The van der Waals surface area contributed by atoms with E-state index in [9.17, 15) is 53.1 Å². The highest BCUT2D eigenvalue weighted by molar-refractivity contribution is 7.99. The zero-order valence-electron chi connectivity index (χ0n) is 53.6. The number of benzene rings is 3. The van der Waals surface area contributed by atoms with Crippen molar-refractivity contribution in [2.24, 2.45) is 0 Å². The smallest absolute Gasteiger partial charge is 0.303 e. The number of aliphatic hydroxyl groups excluding tert-OH is 1.